The van der Waals surface area contributed by atoms with E-state index in [0.717, 1.165) is 8.66 Å². The summed E-state index contributed by atoms with van der Waals surface area (Å²) in [6.07, 6.45) is 0. The van der Waals surface area contributed by atoms with Crippen molar-refractivity contribution >= 4 is 60.7 Å². The lowest BCUT2D eigenvalue weighted by molar-refractivity contribution is 0.0950. The van der Waals surface area contributed by atoms with Crippen LogP contribution in [0.5, 0.6) is 0 Å². The molecule has 0 fully saturated rings. The van der Waals surface area contributed by atoms with Crippen LogP contribution < -0.4 is 10.6 Å². The SMILES string of the molecule is O=C(NCc1ccc(Br)s1)c1ccc(NC(=O)c2ccc(Br)o2)cc1. The lowest BCUT2D eigenvalue weighted by Gasteiger charge is -2.06. The minimum absolute atomic E-state index is 0.169. The van der Waals surface area contributed by atoms with Gasteiger partial charge in [-0.15, -0.1) is 11.3 Å². The molecule has 0 radical (unpaired) electrons. The van der Waals surface area contributed by atoms with Crippen molar-refractivity contribution in [3.8, 4) is 0 Å². The van der Waals surface area contributed by atoms with Gasteiger partial charge in [0.15, 0.2) is 10.4 Å². The summed E-state index contributed by atoms with van der Waals surface area (Å²) in [5.74, 6) is -0.320. The molecule has 0 aliphatic rings. The fourth-order valence-corrected chi connectivity index (χ4v) is 3.78. The molecule has 5 nitrogen and oxygen atoms in total. The van der Waals surface area contributed by atoms with Crippen molar-refractivity contribution in [2.45, 2.75) is 6.54 Å². The summed E-state index contributed by atoms with van der Waals surface area (Å²) in [6, 6.07) is 13.8. The first kappa shape index (κ1) is 17.9. The third kappa shape index (κ3) is 4.81. The molecule has 0 bridgehead atoms. The summed E-state index contributed by atoms with van der Waals surface area (Å²) in [7, 11) is 0. The molecule has 0 aliphatic carbocycles. The van der Waals surface area contributed by atoms with E-state index in [0.29, 0.717) is 22.5 Å². The van der Waals surface area contributed by atoms with Gasteiger partial charge in [0.1, 0.15) is 0 Å². The number of thiophene rings is 1. The van der Waals surface area contributed by atoms with Gasteiger partial charge < -0.3 is 15.1 Å². The second-order valence-corrected chi connectivity index (χ2v) is 8.35. The monoisotopic (exact) mass is 482 g/mol. The first-order valence-corrected chi connectivity index (χ1v) is 9.61. The Morgan fingerprint density at radius 3 is 2.32 bits per heavy atom. The average molecular weight is 484 g/mol. The number of hydrogen-bond donors (Lipinski definition) is 2. The van der Waals surface area contributed by atoms with E-state index in [9.17, 15) is 9.59 Å². The van der Waals surface area contributed by atoms with E-state index in [4.69, 9.17) is 4.42 Å². The Bertz CT molecular complexity index is 903. The minimum atomic E-state index is -0.355. The molecule has 2 N–H and O–H groups in total. The van der Waals surface area contributed by atoms with Crippen LogP contribution in [-0.4, -0.2) is 11.8 Å². The van der Waals surface area contributed by atoms with E-state index in [2.05, 4.69) is 42.5 Å². The molecule has 0 unspecified atom stereocenters. The van der Waals surface area contributed by atoms with Crippen LogP contribution in [0.15, 0.2) is 61.4 Å². The third-order valence-corrected chi connectivity index (χ3v) is 5.30. The number of carbonyl (C=O) groups is 2. The van der Waals surface area contributed by atoms with E-state index < -0.39 is 0 Å². The number of rotatable bonds is 5. The van der Waals surface area contributed by atoms with Crippen molar-refractivity contribution in [2.75, 3.05) is 5.32 Å². The molecule has 0 aliphatic heterocycles. The van der Waals surface area contributed by atoms with Gasteiger partial charge in [-0.2, -0.15) is 0 Å². The number of carbonyl (C=O) groups excluding carboxylic acids is 2. The molecule has 0 saturated carbocycles. The number of anilines is 1. The molecule has 1 aromatic carbocycles. The highest BCUT2D eigenvalue weighted by molar-refractivity contribution is 9.11. The summed E-state index contributed by atoms with van der Waals surface area (Å²) in [6.45, 7) is 0.473. The zero-order valence-corrected chi connectivity index (χ0v) is 16.7. The van der Waals surface area contributed by atoms with Crippen LogP contribution in [0.1, 0.15) is 25.8 Å². The van der Waals surface area contributed by atoms with Crippen LogP contribution in [0.3, 0.4) is 0 Å². The van der Waals surface area contributed by atoms with Crippen molar-refractivity contribution in [3.63, 3.8) is 0 Å². The maximum atomic E-state index is 12.2. The molecule has 0 saturated heterocycles. The molecule has 2 heterocycles. The molecule has 2 aromatic heterocycles. The van der Waals surface area contributed by atoms with Crippen molar-refractivity contribution in [1.82, 2.24) is 5.32 Å². The van der Waals surface area contributed by atoms with E-state index in [1.807, 2.05) is 12.1 Å². The number of nitrogens with one attached hydrogen (secondary N) is 2. The Morgan fingerprint density at radius 1 is 0.960 bits per heavy atom. The lowest BCUT2D eigenvalue weighted by Crippen LogP contribution is -2.22. The Morgan fingerprint density at radius 2 is 1.72 bits per heavy atom. The van der Waals surface area contributed by atoms with Crippen molar-refractivity contribution in [2.24, 2.45) is 0 Å². The van der Waals surface area contributed by atoms with Crippen LogP contribution in [0.4, 0.5) is 5.69 Å². The second kappa shape index (κ2) is 7.99. The predicted octanol–water partition coefficient (Wildman–Crippen LogP) is 5.05. The smallest absolute Gasteiger partial charge is 0.291 e. The number of amides is 2. The summed E-state index contributed by atoms with van der Waals surface area (Å²) in [5, 5.41) is 5.57. The van der Waals surface area contributed by atoms with Crippen molar-refractivity contribution < 1.29 is 14.0 Å². The maximum absolute atomic E-state index is 12.2. The van der Waals surface area contributed by atoms with Gasteiger partial charge in [-0.05, 0) is 80.4 Å². The van der Waals surface area contributed by atoms with Gasteiger partial charge in [-0.25, -0.2) is 0 Å². The zero-order valence-electron chi connectivity index (χ0n) is 12.7. The first-order chi connectivity index (χ1) is 12.0. The highest BCUT2D eigenvalue weighted by atomic mass is 79.9. The minimum Gasteiger partial charge on any atom is -0.444 e. The van der Waals surface area contributed by atoms with Gasteiger partial charge in [0, 0.05) is 16.1 Å². The van der Waals surface area contributed by atoms with E-state index >= 15 is 0 Å². The number of benzene rings is 1. The molecular weight excluding hydrogens is 472 g/mol. The van der Waals surface area contributed by atoms with Crippen LogP contribution in [0.2, 0.25) is 0 Å². The summed E-state index contributed by atoms with van der Waals surface area (Å²) in [5.41, 5.74) is 1.10. The molecule has 3 aromatic rings. The van der Waals surface area contributed by atoms with E-state index in [1.54, 1.807) is 47.7 Å². The molecular formula is C17H12Br2N2O3S. The number of halogens is 2. The maximum Gasteiger partial charge on any atom is 0.291 e. The van der Waals surface area contributed by atoms with Gasteiger partial charge in [0.25, 0.3) is 11.8 Å². The molecule has 8 heteroatoms. The van der Waals surface area contributed by atoms with E-state index in [-0.39, 0.29) is 17.6 Å². The Balaban J connectivity index is 1.57. The fourth-order valence-electron chi connectivity index (χ4n) is 2.05. The largest absolute Gasteiger partial charge is 0.444 e. The van der Waals surface area contributed by atoms with Crippen LogP contribution in [0.25, 0.3) is 0 Å². The Labute approximate surface area is 164 Å². The predicted molar refractivity (Wildman–Crippen MR) is 104 cm³/mol. The van der Waals surface area contributed by atoms with Gasteiger partial charge in [0.2, 0.25) is 0 Å². The normalized spacial score (nSPS) is 10.5. The van der Waals surface area contributed by atoms with Crippen LogP contribution in [0, 0.1) is 0 Å². The zero-order chi connectivity index (χ0) is 17.8. The third-order valence-electron chi connectivity index (χ3n) is 3.25. The molecule has 25 heavy (non-hydrogen) atoms. The van der Waals surface area contributed by atoms with Crippen LogP contribution >= 0.6 is 43.2 Å². The van der Waals surface area contributed by atoms with Crippen LogP contribution in [-0.2, 0) is 6.54 Å². The summed E-state index contributed by atoms with van der Waals surface area (Å²) in [4.78, 5) is 25.2. The van der Waals surface area contributed by atoms with Gasteiger partial charge in [-0.1, -0.05) is 0 Å². The lowest BCUT2D eigenvalue weighted by atomic mass is 10.2. The second-order valence-electron chi connectivity index (χ2n) is 5.02. The molecule has 0 atom stereocenters. The topological polar surface area (TPSA) is 71.3 Å². The van der Waals surface area contributed by atoms with Gasteiger partial charge in [-0.3, -0.25) is 9.59 Å². The standard InChI is InChI=1S/C17H12Br2N2O3S/c18-14-7-6-13(24-14)17(23)21-11-3-1-10(2-4-11)16(22)20-9-12-5-8-15(19)25-12/h1-8H,9H2,(H,20,22)(H,21,23). The van der Waals surface area contributed by atoms with Gasteiger partial charge in [0.05, 0.1) is 10.3 Å². The molecule has 128 valence electrons. The molecule has 3 rings (SSSR count). The number of hydrogen-bond acceptors (Lipinski definition) is 4. The summed E-state index contributed by atoms with van der Waals surface area (Å²) < 4.78 is 6.71. The van der Waals surface area contributed by atoms with Crippen molar-refractivity contribution in [1.29, 1.82) is 0 Å². The number of furan rings is 1. The Kier molecular flexibility index (Phi) is 5.72. The highest BCUT2D eigenvalue weighted by Crippen LogP contribution is 2.22. The van der Waals surface area contributed by atoms with Crippen molar-refractivity contribution in [3.05, 3.63) is 73.2 Å². The highest BCUT2D eigenvalue weighted by Gasteiger charge is 2.11. The molecule has 2 amide bonds. The average Bonchev–Trinajstić information content (AvgIpc) is 3.21. The van der Waals surface area contributed by atoms with Gasteiger partial charge >= 0.3 is 0 Å². The quantitative estimate of drug-likeness (QED) is 0.533. The first-order valence-electron chi connectivity index (χ1n) is 7.20. The van der Waals surface area contributed by atoms with E-state index in [1.165, 1.54) is 0 Å². The fraction of sp³-hybridized carbons (Fsp3) is 0.0588. The Hall–Kier alpha value is -1.90. The summed E-state index contributed by atoms with van der Waals surface area (Å²) >= 11 is 8.12. The molecule has 0 spiro atoms.